The van der Waals surface area contributed by atoms with E-state index in [1.54, 1.807) is 55.4 Å². The summed E-state index contributed by atoms with van der Waals surface area (Å²) >= 11 is 0. The molecule has 4 N–H and O–H groups in total. The predicted octanol–water partition coefficient (Wildman–Crippen LogP) is 3.61. The third-order valence-corrected chi connectivity index (χ3v) is 6.53. The number of ether oxygens (including phenoxy) is 1. The van der Waals surface area contributed by atoms with Crippen molar-refractivity contribution in [2.24, 2.45) is 11.7 Å². The number of rotatable bonds is 9. The Bertz CT molecular complexity index is 1350. The van der Waals surface area contributed by atoms with Crippen LogP contribution < -0.4 is 15.4 Å². The molecule has 2 amide bonds. The van der Waals surface area contributed by atoms with Crippen molar-refractivity contribution >= 4 is 29.3 Å². The summed E-state index contributed by atoms with van der Waals surface area (Å²) in [7, 11) is 3.31. The van der Waals surface area contributed by atoms with Gasteiger partial charge in [-0.3, -0.25) is 19.8 Å². The Kier molecular flexibility index (Phi) is 7.76. The minimum atomic E-state index is -1.03. The minimum Gasteiger partial charge on any atom is -0.491 e. The lowest BCUT2D eigenvalue weighted by Crippen LogP contribution is -2.38. The highest BCUT2D eigenvalue weighted by Gasteiger charge is 2.41. The maximum atomic E-state index is 13.2. The quantitative estimate of drug-likeness (QED) is 0.295. The van der Waals surface area contributed by atoms with Crippen LogP contribution in [0.4, 0.5) is 5.69 Å². The minimum absolute atomic E-state index is 0.0151. The van der Waals surface area contributed by atoms with E-state index >= 15 is 0 Å². The number of aliphatic carboxylic acids is 1. The van der Waals surface area contributed by atoms with Crippen molar-refractivity contribution in [2.45, 2.75) is 18.9 Å². The number of carbonyl (C=O) groups is 3. The molecule has 0 aromatic heterocycles. The predicted molar refractivity (Wildman–Crippen MR) is 144 cm³/mol. The third-order valence-electron chi connectivity index (χ3n) is 6.53. The number of hydrogen-bond acceptors (Lipinski definition) is 5. The number of carboxylic acid groups (broad SMARTS) is 1. The number of carbonyl (C=O) groups excluding carboxylic acids is 2. The largest absolute Gasteiger partial charge is 0.491 e. The first-order valence-corrected chi connectivity index (χ1v) is 12.2. The summed E-state index contributed by atoms with van der Waals surface area (Å²) in [6.07, 6.45) is 0.0663. The fourth-order valence-corrected chi connectivity index (χ4v) is 4.60. The van der Waals surface area contributed by atoms with Gasteiger partial charge in [0.15, 0.2) is 0 Å². The fourth-order valence-electron chi connectivity index (χ4n) is 4.60. The molecule has 1 aliphatic rings. The van der Waals surface area contributed by atoms with Gasteiger partial charge < -0.3 is 25.4 Å². The van der Waals surface area contributed by atoms with E-state index in [0.717, 1.165) is 11.1 Å². The van der Waals surface area contributed by atoms with E-state index in [0.29, 0.717) is 29.0 Å². The van der Waals surface area contributed by atoms with Gasteiger partial charge in [0, 0.05) is 30.9 Å². The standard InChI is InChI=1S/C29H30N4O5/c1-32(2)28(36)21-4-3-5-23(14-21)33-24(15-22(29(33)37)16-26(34)35)17-38-25-12-10-19(11-13-25)18-6-8-20(9-7-18)27(30)31/h3-14,22,24H,15-17H2,1-2H3,(H3,30,31)(H,34,35)/t22-,24-/m0/s1. The maximum Gasteiger partial charge on any atom is 0.304 e. The third kappa shape index (κ3) is 5.83. The van der Waals surface area contributed by atoms with Crippen LogP contribution in [0.2, 0.25) is 0 Å². The Morgan fingerprint density at radius 2 is 1.66 bits per heavy atom. The number of nitrogens with zero attached hydrogens (tertiary/aromatic N) is 2. The molecule has 38 heavy (non-hydrogen) atoms. The molecule has 0 unspecified atom stereocenters. The molecule has 196 valence electrons. The number of nitrogens with one attached hydrogen (secondary N) is 1. The molecule has 1 aliphatic heterocycles. The summed E-state index contributed by atoms with van der Waals surface area (Å²) in [5, 5.41) is 16.8. The van der Waals surface area contributed by atoms with Gasteiger partial charge in [-0.15, -0.1) is 0 Å². The van der Waals surface area contributed by atoms with Gasteiger partial charge >= 0.3 is 5.97 Å². The van der Waals surface area contributed by atoms with E-state index in [4.69, 9.17) is 15.9 Å². The number of amidine groups is 1. The highest BCUT2D eigenvalue weighted by molar-refractivity contribution is 6.01. The molecule has 1 fully saturated rings. The lowest BCUT2D eigenvalue weighted by Gasteiger charge is -2.25. The van der Waals surface area contributed by atoms with Crippen LogP contribution in [0, 0.1) is 11.3 Å². The second kappa shape index (κ2) is 11.2. The molecule has 0 spiro atoms. The van der Waals surface area contributed by atoms with Crippen molar-refractivity contribution in [1.29, 1.82) is 5.41 Å². The number of carboxylic acids is 1. The second-order valence-electron chi connectivity index (χ2n) is 9.47. The van der Waals surface area contributed by atoms with Gasteiger partial charge in [0.1, 0.15) is 18.2 Å². The molecule has 9 heteroatoms. The highest BCUT2D eigenvalue weighted by atomic mass is 16.5. The van der Waals surface area contributed by atoms with Crippen LogP contribution in [0.5, 0.6) is 5.75 Å². The van der Waals surface area contributed by atoms with Crippen molar-refractivity contribution in [1.82, 2.24) is 4.90 Å². The SMILES string of the molecule is CN(C)C(=O)c1cccc(N2C(=O)[C@H](CC(=O)O)C[C@H]2COc2ccc(-c3ccc(C(=N)N)cc3)cc2)c1. The summed E-state index contributed by atoms with van der Waals surface area (Å²) in [5.41, 5.74) is 9.09. The Hall–Kier alpha value is -4.66. The lowest BCUT2D eigenvalue weighted by atomic mass is 10.0. The van der Waals surface area contributed by atoms with Crippen molar-refractivity contribution < 1.29 is 24.2 Å². The number of amides is 2. The van der Waals surface area contributed by atoms with E-state index in [-0.39, 0.29) is 30.7 Å². The molecular weight excluding hydrogens is 484 g/mol. The van der Waals surface area contributed by atoms with Crippen LogP contribution in [0.15, 0.2) is 72.8 Å². The number of hydrogen-bond donors (Lipinski definition) is 3. The molecule has 0 saturated carbocycles. The highest BCUT2D eigenvalue weighted by Crippen LogP contribution is 2.33. The van der Waals surface area contributed by atoms with Gasteiger partial charge in [0.05, 0.1) is 18.4 Å². The second-order valence-corrected chi connectivity index (χ2v) is 9.47. The van der Waals surface area contributed by atoms with E-state index in [1.807, 2.05) is 36.4 Å². The maximum absolute atomic E-state index is 13.2. The molecule has 1 saturated heterocycles. The molecule has 3 aromatic rings. The summed E-state index contributed by atoms with van der Waals surface area (Å²) in [6, 6.07) is 21.3. The molecule has 4 rings (SSSR count). The first-order chi connectivity index (χ1) is 18.1. The molecule has 0 radical (unpaired) electrons. The Morgan fingerprint density at radius 1 is 1.03 bits per heavy atom. The van der Waals surface area contributed by atoms with Crippen molar-refractivity contribution in [2.75, 3.05) is 25.6 Å². The first-order valence-electron chi connectivity index (χ1n) is 12.2. The van der Waals surface area contributed by atoms with Gasteiger partial charge in [-0.2, -0.15) is 0 Å². The average molecular weight is 515 g/mol. The Balaban J connectivity index is 1.51. The van der Waals surface area contributed by atoms with Crippen LogP contribution in [-0.2, 0) is 9.59 Å². The van der Waals surface area contributed by atoms with E-state index in [1.165, 1.54) is 4.90 Å². The molecule has 0 bridgehead atoms. The van der Waals surface area contributed by atoms with Crippen LogP contribution in [-0.4, -0.2) is 60.4 Å². The molecule has 1 heterocycles. The molecular formula is C29H30N4O5. The van der Waals surface area contributed by atoms with E-state index < -0.39 is 17.9 Å². The van der Waals surface area contributed by atoms with E-state index in [2.05, 4.69) is 0 Å². The van der Waals surface area contributed by atoms with Crippen molar-refractivity contribution in [3.05, 3.63) is 83.9 Å². The fraction of sp³-hybridized carbons (Fsp3) is 0.241. The van der Waals surface area contributed by atoms with Gasteiger partial charge in [-0.05, 0) is 47.9 Å². The average Bonchev–Trinajstić information content (AvgIpc) is 3.21. The topological polar surface area (TPSA) is 137 Å². The summed E-state index contributed by atoms with van der Waals surface area (Å²) in [5.74, 6) is -1.56. The number of nitrogen functional groups attached to an aromatic ring is 1. The van der Waals surface area contributed by atoms with Crippen molar-refractivity contribution in [3.8, 4) is 16.9 Å². The number of benzene rings is 3. The number of anilines is 1. The smallest absolute Gasteiger partial charge is 0.304 e. The Labute approximate surface area is 220 Å². The molecule has 3 aromatic carbocycles. The zero-order chi connectivity index (χ0) is 27.4. The van der Waals surface area contributed by atoms with Gasteiger partial charge in [-0.25, -0.2) is 0 Å². The molecule has 9 nitrogen and oxygen atoms in total. The van der Waals surface area contributed by atoms with E-state index in [9.17, 15) is 19.5 Å². The first kappa shape index (κ1) is 26.4. The van der Waals surface area contributed by atoms with Crippen LogP contribution in [0.1, 0.15) is 28.8 Å². The zero-order valence-corrected chi connectivity index (χ0v) is 21.3. The van der Waals surface area contributed by atoms with Gasteiger partial charge in [0.25, 0.3) is 5.91 Å². The monoisotopic (exact) mass is 514 g/mol. The lowest BCUT2D eigenvalue weighted by molar-refractivity contribution is -0.140. The van der Waals surface area contributed by atoms with Gasteiger partial charge in [-0.1, -0.05) is 42.5 Å². The summed E-state index contributed by atoms with van der Waals surface area (Å²) < 4.78 is 6.04. The van der Waals surface area contributed by atoms with Crippen LogP contribution in [0.25, 0.3) is 11.1 Å². The normalized spacial score (nSPS) is 16.8. The number of nitrogens with two attached hydrogens (primary N) is 1. The van der Waals surface area contributed by atoms with Crippen molar-refractivity contribution in [3.63, 3.8) is 0 Å². The van der Waals surface area contributed by atoms with Crippen LogP contribution >= 0.6 is 0 Å². The summed E-state index contributed by atoms with van der Waals surface area (Å²) in [6.45, 7) is 0.167. The summed E-state index contributed by atoms with van der Waals surface area (Å²) in [4.78, 5) is 40.1. The molecule has 0 aliphatic carbocycles. The van der Waals surface area contributed by atoms with Gasteiger partial charge in [0.2, 0.25) is 5.91 Å². The zero-order valence-electron chi connectivity index (χ0n) is 21.3. The Morgan fingerprint density at radius 3 is 2.24 bits per heavy atom. The van der Waals surface area contributed by atoms with Crippen LogP contribution in [0.3, 0.4) is 0 Å². The molecule has 2 atom stereocenters.